The molecule has 0 aromatic heterocycles. The SMILES string of the molecule is CC(=O)Nc1ccc(/C=N/NC(N)=S)cc1.CO[C@H]1/C=C/O[C@@]2(C)Oc3c(C)c(O)c4c(O)c(c(/C=N/N5CCN(C)CC5)c(O)c4c3C2=O)NC(=O)/C(C)=C\C=C\[C@H](C)[C@H](O)[C@@H](C)[C@@H](O)[C@@H](C)[C@H](OC(C)=O)[C@@H]1C. The molecule has 9 atom stereocenters. The van der Waals surface area contributed by atoms with E-state index in [2.05, 4.69) is 43.4 Å². The fourth-order valence-corrected chi connectivity index (χ4v) is 9.00. The summed E-state index contributed by atoms with van der Waals surface area (Å²) in [6.07, 6.45) is 6.44. The van der Waals surface area contributed by atoms with E-state index < -0.39 is 88.8 Å². The molecule has 7 rings (SSSR count). The molecule has 0 unspecified atom stereocenters. The summed E-state index contributed by atoms with van der Waals surface area (Å²) in [4.78, 5) is 53.4. The molecule has 21 nitrogen and oxygen atoms in total. The summed E-state index contributed by atoms with van der Waals surface area (Å²) in [5.74, 6) is -8.44. The highest BCUT2D eigenvalue weighted by atomic mass is 32.1. The first kappa shape index (κ1) is 58.8. The van der Waals surface area contributed by atoms with Crippen molar-refractivity contribution in [3.63, 3.8) is 0 Å². The summed E-state index contributed by atoms with van der Waals surface area (Å²) in [6.45, 7) is 16.6. The van der Waals surface area contributed by atoms with Crippen LogP contribution in [-0.4, -0.2) is 147 Å². The number of hydrogen-bond donors (Lipinski definition) is 9. The summed E-state index contributed by atoms with van der Waals surface area (Å²) >= 11 is 4.58. The van der Waals surface area contributed by atoms with E-state index in [0.29, 0.717) is 13.1 Å². The first-order valence-corrected chi connectivity index (χ1v) is 24.7. The van der Waals surface area contributed by atoms with Gasteiger partial charge in [-0.2, -0.15) is 10.2 Å². The van der Waals surface area contributed by atoms with Gasteiger partial charge >= 0.3 is 11.8 Å². The van der Waals surface area contributed by atoms with E-state index in [1.807, 2.05) is 19.2 Å². The van der Waals surface area contributed by atoms with E-state index in [-0.39, 0.29) is 55.5 Å². The number of nitrogens with one attached hydrogen (secondary N) is 3. The van der Waals surface area contributed by atoms with E-state index in [1.165, 1.54) is 66.4 Å². The molecule has 4 heterocycles. The fourth-order valence-electron chi connectivity index (χ4n) is 8.95. The van der Waals surface area contributed by atoms with Crippen molar-refractivity contribution < 1.29 is 63.7 Å². The van der Waals surface area contributed by atoms with Gasteiger partial charge in [-0.3, -0.25) is 29.6 Å². The minimum Gasteiger partial charge on any atom is -0.507 e. The largest absolute Gasteiger partial charge is 0.507 e. The number of ketones is 1. The number of likely N-dealkylation sites (N-methyl/N-ethyl adjacent to an activating group) is 1. The maximum Gasteiger partial charge on any atom is 0.312 e. The highest BCUT2D eigenvalue weighted by Gasteiger charge is 2.50. The molecule has 406 valence electrons. The predicted molar refractivity (Wildman–Crippen MR) is 289 cm³/mol. The van der Waals surface area contributed by atoms with Gasteiger partial charge in [0.25, 0.3) is 11.7 Å². The molecule has 3 aromatic rings. The highest BCUT2D eigenvalue weighted by Crippen LogP contribution is 2.55. The van der Waals surface area contributed by atoms with Crippen LogP contribution >= 0.6 is 12.2 Å². The number of hydrazone groups is 2. The Bertz CT molecular complexity index is 2770. The number of allylic oxidation sites excluding steroid dienone is 2. The Labute approximate surface area is 441 Å². The Kier molecular flexibility index (Phi) is 19.9. The van der Waals surface area contributed by atoms with Crippen LogP contribution in [0.15, 0.2) is 70.6 Å². The Morgan fingerprint density at radius 3 is 2.17 bits per heavy atom. The topological polar surface area (TPSA) is 300 Å². The third-order valence-electron chi connectivity index (χ3n) is 13.5. The molecule has 0 radical (unpaired) electrons. The lowest BCUT2D eigenvalue weighted by atomic mass is 9.78. The zero-order chi connectivity index (χ0) is 55.6. The van der Waals surface area contributed by atoms with Gasteiger partial charge in [0.1, 0.15) is 23.4 Å². The van der Waals surface area contributed by atoms with Crippen LogP contribution in [0.1, 0.15) is 82.4 Å². The number of phenols is 3. The minimum absolute atomic E-state index is 0.0559. The van der Waals surface area contributed by atoms with Gasteiger partial charge < -0.3 is 65.7 Å². The molecule has 1 fully saturated rings. The molecule has 2 amide bonds. The van der Waals surface area contributed by atoms with Crippen LogP contribution in [0.2, 0.25) is 0 Å². The molecule has 1 saturated heterocycles. The van der Waals surface area contributed by atoms with E-state index in [1.54, 1.807) is 63.2 Å². The number of methoxy groups -OCH3 is 1. The smallest absolute Gasteiger partial charge is 0.312 e. The molecule has 10 N–H and O–H groups in total. The number of carbonyl (C=O) groups excluding carboxylic acids is 4. The van der Waals surface area contributed by atoms with Crippen LogP contribution < -0.4 is 26.5 Å². The lowest BCUT2D eigenvalue weighted by Crippen LogP contribution is -2.46. The van der Waals surface area contributed by atoms with Gasteiger partial charge in [0.05, 0.1) is 59.2 Å². The lowest BCUT2D eigenvalue weighted by molar-refractivity contribution is -0.160. The first-order valence-electron chi connectivity index (χ1n) is 24.3. The quantitative estimate of drug-likeness (QED) is 0.0369. The van der Waals surface area contributed by atoms with Crippen LogP contribution in [0.5, 0.6) is 23.0 Å². The normalized spacial score (nSPS) is 27.4. The minimum atomic E-state index is -2.04. The molecule has 22 heteroatoms. The number of aliphatic hydroxyl groups excluding tert-OH is 2. The van der Waals surface area contributed by atoms with Gasteiger partial charge in [-0.25, -0.2) is 0 Å². The number of piperazine rings is 1. The van der Waals surface area contributed by atoms with Crippen molar-refractivity contribution in [2.75, 3.05) is 51.0 Å². The molecule has 0 spiro atoms. The second kappa shape index (κ2) is 25.4. The Morgan fingerprint density at radius 1 is 0.920 bits per heavy atom. The number of carbonyl (C=O) groups is 4. The number of benzene rings is 3. The zero-order valence-corrected chi connectivity index (χ0v) is 44.9. The first-order chi connectivity index (χ1) is 35.3. The predicted octanol–water partition coefficient (Wildman–Crippen LogP) is 5.15. The summed E-state index contributed by atoms with van der Waals surface area (Å²) < 4.78 is 23.6. The van der Waals surface area contributed by atoms with Gasteiger partial charge in [-0.1, -0.05) is 58.1 Å². The standard InChI is InChI=1S/C43H58N4O12.C10H12N4OS/c1-21-12-11-13-22(2)42(55)45-33-28(20-44-47-17-15-46(9)16-18-47)37(52)30-31(38(33)53)36(51)26(6)40-32(30)41(54)43(8,59-40)57-19-14-29(56-10)23(3)39(58-27(7)48)25(5)35(50)24(4)34(21)49;1-7(15)13-9-4-2-8(3-5-9)6-12-14-10(11)16/h11-14,19-21,23-25,29,34-35,39,49-53H,15-18H2,1-10H3,(H,45,55);2-6H,1H3,(H,13,15)(H3,11,14,16)/b12-11+,19-14+,22-13-,44-20+;12-6+/t21-,23+,24+,25+,29-,34-,35+,39+,43-;/m0./s1. The van der Waals surface area contributed by atoms with Crippen molar-refractivity contribution in [1.29, 1.82) is 0 Å². The Hall–Kier alpha value is -7.11. The summed E-state index contributed by atoms with van der Waals surface area (Å²) in [7, 11) is 3.42. The number of esters is 1. The summed E-state index contributed by atoms with van der Waals surface area (Å²) in [6, 6.07) is 7.19. The number of anilines is 2. The maximum atomic E-state index is 14.4. The molecule has 5 bridgehead atoms. The molecule has 3 aromatic carbocycles. The molecule has 0 aliphatic carbocycles. The molecular formula is C53H70N8O13S. The lowest BCUT2D eigenvalue weighted by Gasteiger charge is -2.38. The number of Topliss-reactive ketones (excluding diaryl/α,β-unsaturated/α-hetero) is 1. The van der Waals surface area contributed by atoms with E-state index >= 15 is 0 Å². The molecule has 0 saturated carbocycles. The van der Waals surface area contributed by atoms with E-state index in [9.17, 15) is 44.7 Å². The number of ether oxygens (including phenoxy) is 4. The van der Waals surface area contributed by atoms with E-state index in [0.717, 1.165) is 24.3 Å². The Balaban J connectivity index is 0.000000554. The van der Waals surface area contributed by atoms with Gasteiger partial charge in [0, 0.05) is 99.9 Å². The fraction of sp³-hybridized carbons (Fsp3) is 0.453. The van der Waals surface area contributed by atoms with Crippen molar-refractivity contribution in [3.8, 4) is 23.0 Å². The highest BCUT2D eigenvalue weighted by molar-refractivity contribution is 7.80. The van der Waals surface area contributed by atoms with Gasteiger partial charge in [-0.15, -0.1) is 0 Å². The van der Waals surface area contributed by atoms with Crippen LogP contribution in [-0.2, 0) is 28.6 Å². The summed E-state index contributed by atoms with van der Waals surface area (Å²) in [5, 5.41) is 73.4. The van der Waals surface area contributed by atoms with E-state index in [4.69, 9.17) is 24.7 Å². The van der Waals surface area contributed by atoms with Crippen molar-refractivity contribution in [2.24, 2.45) is 39.6 Å². The van der Waals surface area contributed by atoms with Gasteiger partial charge in [-0.05, 0) is 56.9 Å². The van der Waals surface area contributed by atoms with Crippen LogP contribution in [0.4, 0.5) is 11.4 Å². The maximum absolute atomic E-state index is 14.4. The summed E-state index contributed by atoms with van der Waals surface area (Å²) in [5.41, 5.74) is 8.91. The number of aromatic hydroxyl groups is 3. The van der Waals surface area contributed by atoms with Gasteiger partial charge in [0.15, 0.2) is 10.9 Å². The Morgan fingerprint density at radius 2 is 1.57 bits per heavy atom. The van der Waals surface area contributed by atoms with Gasteiger partial charge in [0.2, 0.25) is 5.91 Å². The number of hydrogen-bond acceptors (Lipinski definition) is 18. The number of aliphatic hydroxyl groups is 2. The average molecular weight is 1060 g/mol. The second-order valence-corrected chi connectivity index (χ2v) is 19.6. The molecular weight excluding hydrogens is 989 g/mol. The average Bonchev–Trinajstić information content (AvgIpc) is 3.62. The van der Waals surface area contributed by atoms with Crippen molar-refractivity contribution in [1.82, 2.24) is 15.3 Å². The molecule has 4 aliphatic rings. The third kappa shape index (κ3) is 14.0. The van der Waals surface area contributed by atoms with Crippen molar-refractivity contribution in [3.05, 3.63) is 82.7 Å². The number of nitrogens with zero attached hydrogens (tertiary/aromatic N) is 4. The number of thiocarbonyl (C=S) groups is 1. The number of phenolic OH excluding ortho intramolecular Hbond substituents is 3. The monoisotopic (exact) mass is 1060 g/mol. The van der Waals surface area contributed by atoms with Crippen LogP contribution in [0.3, 0.4) is 0 Å². The number of amides is 2. The van der Waals surface area contributed by atoms with Crippen LogP contribution in [0.25, 0.3) is 10.8 Å². The number of nitrogens with two attached hydrogens (primary N) is 1. The number of fused-ring (bicyclic) bond motifs is 14. The molecule has 4 aliphatic heterocycles. The van der Waals surface area contributed by atoms with Crippen LogP contribution in [0, 0.1) is 30.6 Å². The number of rotatable bonds is 7. The zero-order valence-electron chi connectivity index (χ0n) is 44.1. The third-order valence-corrected chi connectivity index (χ3v) is 13.6. The van der Waals surface area contributed by atoms with Crippen molar-refractivity contribution >= 4 is 75.5 Å². The molecule has 75 heavy (non-hydrogen) atoms. The van der Waals surface area contributed by atoms with Crippen molar-refractivity contribution in [2.45, 2.75) is 92.5 Å². The second-order valence-electron chi connectivity index (χ2n) is 19.2.